The standard InChI is InChI=1S/C12H12ClNO/c13-11-5-3-4-10(8-11)12(14-9-15)6-1-2-7-12/h3-5,8H,1-2,6-7H2. The van der Waals surface area contributed by atoms with Crippen molar-refractivity contribution in [2.75, 3.05) is 0 Å². The fourth-order valence-electron chi connectivity index (χ4n) is 2.29. The van der Waals surface area contributed by atoms with Gasteiger partial charge in [-0.05, 0) is 30.5 Å². The Bertz CT molecular complexity index is 404. The van der Waals surface area contributed by atoms with Crippen LogP contribution in [0.15, 0.2) is 29.3 Å². The second kappa shape index (κ2) is 4.18. The summed E-state index contributed by atoms with van der Waals surface area (Å²) in [5.74, 6) is 0. The van der Waals surface area contributed by atoms with Gasteiger partial charge in [-0.15, -0.1) is 0 Å². The van der Waals surface area contributed by atoms with E-state index in [0.717, 1.165) is 31.2 Å². The number of hydrogen-bond acceptors (Lipinski definition) is 2. The summed E-state index contributed by atoms with van der Waals surface area (Å²) >= 11 is 5.95. The van der Waals surface area contributed by atoms with E-state index in [-0.39, 0.29) is 5.54 Å². The van der Waals surface area contributed by atoms with Crippen molar-refractivity contribution in [1.29, 1.82) is 0 Å². The first-order chi connectivity index (χ1) is 7.27. The first-order valence-electron chi connectivity index (χ1n) is 5.12. The number of carbonyl (C=O) groups excluding carboxylic acids is 1. The molecule has 15 heavy (non-hydrogen) atoms. The molecule has 1 aliphatic carbocycles. The van der Waals surface area contributed by atoms with Gasteiger partial charge in [0.2, 0.25) is 6.08 Å². The predicted molar refractivity (Wildman–Crippen MR) is 59.7 cm³/mol. The van der Waals surface area contributed by atoms with E-state index in [1.165, 1.54) is 0 Å². The van der Waals surface area contributed by atoms with Crippen molar-refractivity contribution >= 4 is 17.7 Å². The van der Waals surface area contributed by atoms with Crippen LogP contribution in [0.4, 0.5) is 0 Å². The Morgan fingerprint density at radius 2 is 2.07 bits per heavy atom. The smallest absolute Gasteiger partial charge is 0.211 e. The maximum atomic E-state index is 10.5. The number of benzene rings is 1. The van der Waals surface area contributed by atoms with Gasteiger partial charge < -0.3 is 0 Å². The van der Waals surface area contributed by atoms with Gasteiger partial charge in [0.1, 0.15) is 0 Å². The molecule has 1 aliphatic rings. The lowest BCUT2D eigenvalue weighted by Crippen LogP contribution is -2.18. The third-order valence-corrected chi connectivity index (χ3v) is 3.29. The van der Waals surface area contributed by atoms with E-state index in [0.29, 0.717) is 5.02 Å². The highest BCUT2D eigenvalue weighted by molar-refractivity contribution is 6.30. The fourth-order valence-corrected chi connectivity index (χ4v) is 2.48. The van der Waals surface area contributed by atoms with Crippen LogP contribution in [-0.4, -0.2) is 6.08 Å². The normalized spacial score (nSPS) is 18.5. The SMILES string of the molecule is O=C=NC1(c2cccc(Cl)c2)CCCC1. The van der Waals surface area contributed by atoms with Crippen molar-refractivity contribution < 1.29 is 4.79 Å². The lowest BCUT2D eigenvalue weighted by Gasteiger charge is -2.22. The van der Waals surface area contributed by atoms with Crippen LogP contribution in [0.1, 0.15) is 31.2 Å². The van der Waals surface area contributed by atoms with Crippen molar-refractivity contribution in [3.05, 3.63) is 34.9 Å². The van der Waals surface area contributed by atoms with E-state index >= 15 is 0 Å². The van der Waals surface area contributed by atoms with Crippen molar-refractivity contribution in [2.24, 2.45) is 4.99 Å². The fraction of sp³-hybridized carbons (Fsp3) is 0.417. The molecule has 0 saturated heterocycles. The molecule has 2 rings (SSSR count). The Morgan fingerprint density at radius 1 is 1.33 bits per heavy atom. The zero-order valence-corrected chi connectivity index (χ0v) is 9.13. The number of aliphatic imine (C=N–C) groups is 1. The first-order valence-corrected chi connectivity index (χ1v) is 5.50. The zero-order valence-electron chi connectivity index (χ0n) is 8.37. The molecule has 1 saturated carbocycles. The molecule has 0 radical (unpaired) electrons. The average molecular weight is 222 g/mol. The molecule has 0 aromatic heterocycles. The van der Waals surface area contributed by atoms with Crippen molar-refractivity contribution in [2.45, 2.75) is 31.2 Å². The molecule has 0 aliphatic heterocycles. The monoisotopic (exact) mass is 221 g/mol. The summed E-state index contributed by atoms with van der Waals surface area (Å²) in [6, 6.07) is 7.61. The van der Waals surface area contributed by atoms with Gasteiger partial charge in [-0.25, -0.2) is 4.79 Å². The van der Waals surface area contributed by atoms with Crippen LogP contribution < -0.4 is 0 Å². The van der Waals surface area contributed by atoms with Gasteiger partial charge in [0.05, 0.1) is 5.54 Å². The van der Waals surface area contributed by atoms with Gasteiger partial charge in [0.15, 0.2) is 0 Å². The lowest BCUT2D eigenvalue weighted by molar-refractivity contribution is 0.456. The van der Waals surface area contributed by atoms with E-state index in [4.69, 9.17) is 11.6 Å². The molecule has 1 aromatic carbocycles. The Balaban J connectivity index is 2.45. The molecule has 0 amide bonds. The molecular formula is C12H12ClNO. The Kier molecular flexibility index (Phi) is 2.90. The minimum atomic E-state index is -0.355. The minimum Gasteiger partial charge on any atom is -0.211 e. The van der Waals surface area contributed by atoms with Gasteiger partial charge in [-0.3, -0.25) is 0 Å². The summed E-state index contributed by atoms with van der Waals surface area (Å²) in [7, 11) is 0. The molecule has 78 valence electrons. The summed E-state index contributed by atoms with van der Waals surface area (Å²) in [5, 5.41) is 0.694. The third kappa shape index (κ3) is 1.97. The highest BCUT2D eigenvalue weighted by Gasteiger charge is 2.35. The van der Waals surface area contributed by atoms with Crippen LogP contribution >= 0.6 is 11.6 Å². The molecule has 0 bridgehead atoms. The second-order valence-electron chi connectivity index (χ2n) is 3.95. The van der Waals surface area contributed by atoms with Gasteiger partial charge in [0.25, 0.3) is 0 Å². The number of nitrogens with zero attached hydrogens (tertiary/aromatic N) is 1. The Morgan fingerprint density at radius 3 is 2.67 bits per heavy atom. The number of hydrogen-bond donors (Lipinski definition) is 0. The van der Waals surface area contributed by atoms with Crippen molar-refractivity contribution in [3.63, 3.8) is 0 Å². The lowest BCUT2D eigenvalue weighted by atomic mass is 9.89. The molecule has 0 heterocycles. The minimum absolute atomic E-state index is 0.355. The van der Waals surface area contributed by atoms with Gasteiger partial charge in [0, 0.05) is 5.02 Å². The zero-order chi connectivity index (χ0) is 10.7. The predicted octanol–water partition coefficient (Wildman–Crippen LogP) is 3.45. The summed E-state index contributed by atoms with van der Waals surface area (Å²) < 4.78 is 0. The highest BCUT2D eigenvalue weighted by atomic mass is 35.5. The van der Waals surface area contributed by atoms with E-state index < -0.39 is 0 Å². The van der Waals surface area contributed by atoms with Crippen molar-refractivity contribution in [3.8, 4) is 0 Å². The van der Waals surface area contributed by atoms with Gasteiger partial charge in [-0.2, -0.15) is 4.99 Å². The number of halogens is 1. The van der Waals surface area contributed by atoms with Crippen LogP contribution in [0.25, 0.3) is 0 Å². The third-order valence-electron chi connectivity index (χ3n) is 3.05. The van der Waals surface area contributed by atoms with Crippen LogP contribution in [0, 0.1) is 0 Å². The maximum absolute atomic E-state index is 10.5. The summed E-state index contributed by atoms with van der Waals surface area (Å²) in [6.45, 7) is 0. The van der Waals surface area contributed by atoms with Crippen molar-refractivity contribution in [1.82, 2.24) is 0 Å². The summed E-state index contributed by atoms with van der Waals surface area (Å²) in [4.78, 5) is 14.5. The summed E-state index contributed by atoms with van der Waals surface area (Å²) in [5.41, 5.74) is 0.683. The topological polar surface area (TPSA) is 29.4 Å². The Labute approximate surface area is 94.0 Å². The molecule has 3 heteroatoms. The molecule has 0 unspecified atom stereocenters. The Hall–Kier alpha value is -1.11. The molecule has 1 aromatic rings. The largest absolute Gasteiger partial charge is 0.235 e. The highest BCUT2D eigenvalue weighted by Crippen LogP contribution is 2.42. The quantitative estimate of drug-likeness (QED) is 0.556. The van der Waals surface area contributed by atoms with E-state index in [1.807, 2.05) is 24.3 Å². The maximum Gasteiger partial charge on any atom is 0.235 e. The van der Waals surface area contributed by atoms with Crippen LogP contribution in [0.3, 0.4) is 0 Å². The molecule has 0 atom stereocenters. The molecule has 1 fully saturated rings. The van der Waals surface area contributed by atoms with Crippen LogP contribution in [-0.2, 0) is 10.3 Å². The summed E-state index contributed by atoms with van der Waals surface area (Å²) in [6.07, 6.45) is 5.76. The molecular weight excluding hydrogens is 210 g/mol. The van der Waals surface area contributed by atoms with Crippen LogP contribution in [0.2, 0.25) is 5.02 Å². The number of rotatable bonds is 2. The van der Waals surface area contributed by atoms with E-state index in [1.54, 1.807) is 6.08 Å². The number of isocyanates is 1. The van der Waals surface area contributed by atoms with Crippen LogP contribution in [0.5, 0.6) is 0 Å². The molecule has 0 N–H and O–H groups in total. The van der Waals surface area contributed by atoms with Gasteiger partial charge in [-0.1, -0.05) is 36.6 Å². The first kappa shape index (κ1) is 10.4. The molecule has 2 nitrogen and oxygen atoms in total. The molecule has 0 spiro atoms. The van der Waals surface area contributed by atoms with E-state index in [2.05, 4.69) is 4.99 Å². The van der Waals surface area contributed by atoms with Gasteiger partial charge >= 0.3 is 0 Å². The van der Waals surface area contributed by atoms with E-state index in [9.17, 15) is 4.79 Å². The second-order valence-corrected chi connectivity index (χ2v) is 4.39. The average Bonchev–Trinajstić information content (AvgIpc) is 2.68.